The highest BCUT2D eigenvalue weighted by molar-refractivity contribution is 9.10. The third-order valence-electron chi connectivity index (χ3n) is 3.25. The van der Waals surface area contributed by atoms with E-state index in [1.807, 2.05) is 31.3 Å². The van der Waals surface area contributed by atoms with Gasteiger partial charge in [-0.25, -0.2) is 0 Å². The van der Waals surface area contributed by atoms with E-state index in [0.29, 0.717) is 15.8 Å². The molecule has 112 valence electrons. The lowest BCUT2D eigenvalue weighted by Gasteiger charge is -2.19. The van der Waals surface area contributed by atoms with Crippen LogP contribution in [0.15, 0.2) is 40.9 Å². The monoisotopic (exact) mass is 387 g/mol. The molecule has 0 amide bonds. The number of rotatable bonds is 5. The quantitative estimate of drug-likeness (QED) is 0.614. The molecule has 0 aromatic heterocycles. The summed E-state index contributed by atoms with van der Waals surface area (Å²) in [6.07, 6.45) is 0.964. The predicted octanol–water partition coefficient (Wildman–Crippen LogP) is 6.22. The van der Waals surface area contributed by atoms with Crippen molar-refractivity contribution in [3.8, 4) is 11.5 Å². The Morgan fingerprint density at radius 3 is 2.52 bits per heavy atom. The molecule has 2 aromatic rings. The van der Waals surface area contributed by atoms with Crippen molar-refractivity contribution < 1.29 is 4.74 Å². The Morgan fingerprint density at radius 1 is 1.14 bits per heavy atom. The number of para-hydroxylation sites is 1. The third-order valence-corrected chi connectivity index (χ3v) is 4.74. The van der Waals surface area contributed by atoms with E-state index >= 15 is 0 Å². The first kappa shape index (κ1) is 16.6. The number of hydrogen-bond acceptors (Lipinski definition) is 2. The highest BCUT2D eigenvalue weighted by atomic mass is 79.9. The highest BCUT2D eigenvalue weighted by Gasteiger charge is 2.15. The lowest BCUT2D eigenvalue weighted by molar-refractivity contribution is 0.459. The van der Waals surface area contributed by atoms with Gasteiger partial charge in [0.25, 0.3) is 0 Å². The van der Waals surface area contributed by atoms with E-state index in [9.17, 15) is 0 Å². The summed E-state index contributed by atoms with van der Waals surface area (Å²) in [4.78, 5) is 0. The van der Waals surface area contributed by atoms with Gasteiger partial charge in [-0.3, -0.25) is 0 Å². The molecule has 1 atom stereocenters. The minimum Gasteiger partial charge on any atom is -0.455 e. The molecule has 2 nitrogen and oxygen atoms in total. The van der Waals surface area contributed by atoms with Crippen molar-refractivity contribution in [3.63, 3.8) is 0 Å². The molecule has 2 rings (SSSR count). The van der Waals surface area contributed by atoms with E-state index in [4.69, 9.17) is 27.9 Å². The molecule has 0 spiro atoms. The summed E-state index contributed by atoms with van der Waals surface area (Å²) in [7, 11) is 1.94. The number of ether oxygens (including phenoxy) is 1. The lowest BCUT2D eigenvalue weighted by atomic mass is 10.0. The van der Waals surface area contributed by atoms with E-state index in [-0.39, 0.29) is 6.04 Å². The van der Waals surface area contributed by atoms with Gasteiger partial charge in [-0.15, -0.1) is 0 Å². The van der Waals surface area contributed by atoms with Crippen LogP contribution in [0.2, 0.25) is 10.0 Å². The van der Waals surface area contributed by atoms with Gasteiger partial charge in [0, 0.05) is 22.1 Å². The zero-order valence-corrected chi connectivity index (χ0v) is 14.9. The summed E-state index contributed by atoms with van der Waals surface area (Å²) in [6, 6.07) is 11.6. The van der Waals surface area contributed by atoms with Crippen LogP contribution in [0.4, 0.5) is 0 Å². The average molecular weight is 389 g/mol. The first-order chi connectivity index (χ1) is 10.1. The van der Waals surface area contributed by atoms with Crippen LogP contribution in [0.3, 0.4) is 0 Å². The van der Waals surface area contributed by atoms with Gasteiger partial charge in [0.1, 0.15) is 11.5 Å². The second-order valence-corrected chi connectivity index (χ2v) is 6.25. The van der Waals surface area contributed by atoms with E-state index in [1.165, 1.54) is 0 Å². The van der Waals surface area contributed by atoms with Crippen molar-refractivity contribution in [2.24, 2.45) is 0 Å². The maximum Gasteiger partial charge on any atom is 0.147 e. The number of nitrogens with one attached hydrogen (secondary N) is 1. The van der Waals surface area contributed by atoms with Crippen LogP contribution in [0, 0.1) is 0 Å². The smallest absolute Gasteiger partial charge is 0.147 e. The second-order valence-electron chi connectivity index (χ2n) is 4.59. The van der Waals surface area contributed by atoms with Crippen molar-refractivity contribution >= 4 is 39.1 Å². The zero-order valence-electron chi connectivity index (χ0n) is 11.8. The standard InChI is InChI=1S/C16H16BrCl2NO/c1-3-14(20-2)10-6-4-5-7-15(10)21-16-9-12(18)11(17)8-13(16)19/h4-9,14,20H,3H2,1-2H3. The Bertz CT molecular complexity index is 630. The molecule has 0 fully saturated rings. The Labute approximate surface area is 143 Å². The number of halogens is 3. The molecule has 5 heteroatoms. The van der Waals surface area contributed by atoms with Crippen LogP contribution in [0.1, 0.15) is 24.9 Å². The number of benzene rings is 2. The largest absolute Gasteiger partial charge is 0.455 e. The minimum atomic E-state index is 0.228. The maximum absolute atomic E-state index is 6.22. The van der Waals surface area contributed by atoms with E-state index < -0.39 is 0 Å². The molecule has 0 aliphatic carbocycles. The summed E-state index contributed by atoms with van der Waals surface area (Å²) in [6.45, 7) is 2.13. The molecule has 0 aliphatic heterocycles. The topological polar surface area (TPSA) is 21.3 Å². The average Bonchev–Trinajstić information content (AvgIpc) is 2.47. The number of hydrogen-bond donors (Lipinski definition) is 1. The summed E-state index contributed by atoms with van der Waals surface area (Å²) in [5, 5.41) is 4.36. The Morgan fingerprint density at radius 2 is 1.86 bits per heavy atom. The molecule has 1 unspecified atom stereocenters. The Hall–Kier alpha value is -0.740. The van der Waals surface area contributed by atoms with Crippen LogP contribution in [-0.4, -0.2) is 7.05 Å². The van der Waals surface area contributed by atoms with Crippen LogP contribution in [-0.2, 0) is 0 Å². The summed E-state index contributed by atoms with van der Waals surface area (Å²) < 4.78 is 6.73. The zero-order chi connectivity index (χ0) is 15.4. The molecule has 0 radical (unpaired) electrons. The van der Waals surface area contributed by atoms with Gasteiger partial charge < -0.3 is 10.1 Å². The van der Waals surface area contributed by atoms with Crippen LogP contribution in [0.5, 0.6) is 11.5 Å². The van der Waals surface area contributed by atoms with Crippen molar-refractivity contribution in [2.45, 2.75) is 19.4 Å². The van der Waals surface area contributed by atoms with Crippen molar-refractivity contribution in [3.05, 3.63) is 56.5 Å². The molecule has 2 aromatic carbocycles. The SMILES string of the molecule is CCC(NC)c1ccccc1Oc1cc(Cl)c(Br)cc1Cl. The van der Waals surface area contributed by atoms with E-state index in [2.05, 4.69) is 28.2 Å². The Balaban J connectivity index is 2.38. The van der Waals surface area contributed by atoms with Crippen LogP contribution >= 0.6 is 39.1 Å². The fourth-order valence-electron chi connectivity index (χ4n) is 2.14. The molecule has 21 heavy (non-hydrogen) atoms. The van der Waals surface area contributed by atoms with Crippen molar-refractivity contribution in [2.75, 3.05) is 7.05 Å². The predicted molar refractivity (Wildman–Crippen MR) is 92.8 cm³/mol. The molecule has 0 heterocycles. The van der Waals surface area contributed by atoms with Crippen molar-refractivity contribution in [1.82, 2.24) is 5.32 Å². The lowest BCUT2D eigenvalue weighted by Crippen LogP contribution is -2.15. The van der Waals surface area contributed by atoms with Crippen LogP contribution in [0.25, 0.3) is 0 Å². The van der Waals surface area contributed by atoms with E-state index in [1.54, 1.807) is 12.1 Å². The first-order valence-corrected chi connectivity index (χ1v) is 8.20. The summed E-state index contributed by atoms with van der Waals surface area (Å²) in [5.74, 6) is 1.32. The van der Waals surface area contributed by atoms with Gasteiger partial charge in [-0.1, -0.05) is 48.3 Å². The van der Waals surface area contributed by atoms with Gasteiger partial charge >= 0.3 is 0 Å². The molecule has 0 saturated heterocycles. The molecule has 0 bridgehead atoms. The van der Waals surface area contributed by atoms with Gasteiger partial charge in [-0.2, -0.15) is 0 Å². The second kappa shape index (κ2) is 7.50. The van der Waals surface area contributed by atoms with E-state index in [0.717, 1.165) is 22.2 Å². The minimum absolute atomic E-state index is 0.228. The van der Waals surface area contributed by atoms with Crippen LogP contribution < -0.4 is 10.1 Å². The van der Waals surface area contributed by atoms with Gasteiger partial charge in [0.05, 0.1) is 10.0 Å². The van der Waals surface area contributed by atoms with Crippen molar-refractivity contribution in [1.29, 1.82) is 0 Å². The maximum atomic E-state index is 6.22. The summed E-state index contributed by atoms with van der Waals surface area (Å²) in [5.41, 5.74) is 1.10. The fourth-order valence-corrected chi connectivity index (χ4v) is 2.97. The molecule has 0 aliphatic rings. The molecular formula is C16H16BrCl2NO. The normalized spacial score (nSPS) is 12.2. The van der Waals surface area contributed by atoms with Gasteiger partial charge in [-0.05, 0) is 41.5 Å². The fraction of sp³-hybridized carbons (Fsp3) is 0.250. The Kier molecular flexibility index (Phi) is 5.94. The summed E-state index contributed by atoms with van der Waals surface area (Å²) >= 11 is 15.7. The first-order valence-electron chi connectivity index (χ1n) is 6.65. The highest BCUT2D eigenvalue weighted by Crippen LogP contribution is 2.38. The van der Waals surface area contributed by atoms with Gasteiger partial charge in [0.2, 0.25) is 0 Å². The molecule has 1 N–H and O–H groups in total. The molecule has 0 saturated carbocycles. The molecular weight excluding hydrogens is 373 g/mol. The third kappa shape index (κ3) is 3.92. The van der Waals surface area contributed by atoms with Gasteiger partial charge in [0.15, 0.2) is 0 Å².